The highest BCUT2D eigenvalue weighted by atomic mass is 35.5. The van der Waals surface area contributed by atoms with E-state index in [2.05, 4.69) is 57.8 Å². The highest BCUT2D eigenvalue weighted by Gasteiger charge is 2.48. The number of carboxylic acids is 1. The molecule has 2 fully saturated rings. The number of alkyl halides is 1. The van der Waals surface area contributed by atoms with Gasteiger partial charge in [-0.25, -0.2) is 0 Å². The van der Waals surface area contributed by atoms with E-state index in [1.54, 1.807) is 0 Å². The molecule has 0 aromatic heterocycles. The Morgan fingerprint density at radius 2 is 1.97 bits per heavy atom. The molecule has 3 atom stereocenters. The second-order valence-electron chi connectivity index (χ2n) is 12.0. The predicted octanol–water partition coefficient (Wildman–Crippen LogP) is 7.62. The maximum Gasteiger partial charge on any atom is 0.303 e. The highest BCUT2D eigenvalue weighted by Crippen LogP contribution is 2.51. The summed E-state index contributed by atoms with van der Waals surface area (Å²) in [5.74, 6) is -0.714. The van der Waals surface area contributed by atoms with Crippen molar-refractivity contribution in [3.05, 3.63) is 12.2 Å². The fourth-order valence-electron chi connectivity index (χ4n) is 5.21. The summed E-state index contributed by atoms with van der Waals surface area (Å²) in [6, 6.07) is 0.394. The summed E-state index contributed by atoms with van der Waals surface area (Å²) >= 11 is 6.69. The Kier molecular flexibility index (Phi) is 11.0. The lowest BCUT2D eigenvalue weighted by molar-refractivity contribution is -0.137. The smallest absolute Gasteiger partial charge is 0.303 e. The van der Waals surface area contributed by atoms with Crippen molar-refractivity contribution >= 4 is 25.9 Å². The molecule has 192 valence electrons. The van der Waals surface area contributed by atoms with Gasteiger partial charge in [-0.1, -0.05) is 46.3 Å². The number of rotatable bonds is 14. The molecule has 1 saturated carbocycles. The summed E-state index contributed by atoms with van der Waals surface area (Å²) in [5, 5.41) is 9.22. The van der Waals surface area contributed by atoms with Crippen LogP contribution in [0.15, 0.2) is 12.2 Å². The van der Waals surface area contributed by atoms with E-state index in [9.17, 15) is 4.79 Å². The zero-order valence-electron chi connectivity index (χ0n) is 22.2. The predicted molar refractivity (Wildman–Crippen MR) is 143 cm³/mol. The largest absolute Gasteiger partial charge is 0.481 e. The first kappa shape index (κ1) is 28.9. The Hall–Kier alpha value is -0.363. The highest BCUT2D eigenvalue weighted by molar-refractivity contribution is 6.74. The molecule has 6 heteroatoms. The van der Waals surface area contributed by atoms with Crippen LogP contribution in [0.3, 0.4) is 0 Å². The second kappa shape index (κ2) is 12.6. The van der Waals surface area contributed by atoms with E-state index in [0.717, 1.165) is 38.8 Å². The minimum Gasteiger partial charge on any atom is -0.481 e. The van der Waals surface area contributed by atoms with Crippen molar-refractivity contribution in [3.63, 3.8) is 0 Å². The standard InChI is InChI=1S/C27H50ClNO3Si/c1-7-27(18-13-19-27)24(32-33(5,6)26(2,3)4)15-12-20-29-21-17-22(28)23(29)14-10-8-9-11-16-25(30)31/h8,10,22-24H,7,9,11-21H2,1-6H3,(H,30,31)/b10-8-/t22-,23+,24?/m1/s1. The number of likely N-dealkylation sites (tertiary alicyclic amines) is 1. The number of halogens is 1. The van der Waals surface area contributed by atoms with Crippen LogP contribution in [-0.4, -0.2) is 54.9 Å². The van der Waals surface area contributed by atoms with E-state index >= 15 is 0 Å². The van der Waals surface area contributed by atoms with E-state index in [1.807, 2.05) is 0 Å². The fourth-order valence-corrected chi connectivity index (χ4v) is 7.00. The van der Waals surface area contributed by atoms with Gasteiger partial charge in [0.05, 0.1) is 11.5 Å². The Morgan fingerprint density at radius 3 is 2.52 bits per heavy atom. The van der Waals surface area contributed by atoms with Crippen LogP contribution in [0.1, 0.15) is 98.3 Å². The van der Waals surface area contributed by atoms with E-state index in [0.29, 0.717) is 24.0 Å². The van der Waals surface area contributed by atoms with Gasteiger partial charge in [0.1, 0.15) is 0 Å². The Bertz CT molecular complexity index is 636. The number of hydrogen-bond donors (Lipinski definition) is 1. The van der Waals surface area contributed by atoms with Crippen LogP contribution in [0.5, 0.6) is 0 Å². The molecular weight excluding hydrogens is 450 g/mol. The molecular formula is C27H50ClNO3Si. The number of carbonyl (C=O) groups is 1. The van der Waals surface area contributed by atoms with Crippen LogP contribution in [0.25, 0.3) is 0 Å². The Labute approximate surface area is 209 Å². The average Bonchev–Trinajstić information content (AvgIpc) is 3.02. The zero-order valence-corrected chi connectivity index (χ0v) is 23.9. The van der Waals surface area contributed by atoms with Gasteiger partial charge < -0.3 is 9.53 Å². The number of nitrogens with zero attached hydrogens (tertiary/aromatic N) is 1. The van der Waals surface area contributed by atoms with Crippen molar-refractivity contribution in [3.8, 4) is 0 Å². The first-order valence-corrected chi connectivity index (χ1v) is 16.7. The maximum absolute atomic E-state index is 10.7. The average molecular weight is 500 g/mol. The minimum atomic E-state index is -1.80. The van der Waals surface area contributed by atoms with E-state index in [1.165, 1.54) is 32.1 Å². The number of carboxylic acid groups (broad SMARTS) is 1. The monoisotopic (exact) mass is 499 g/mol. The van der Waals surface area contributed by atoms with Gasteiger partial charge in [0, 0.05) is 12.5 Å². The Morgan fingerprint density at radius 1 is 1.27 bits per heavy atom. The van der Waals surface area contributed by atoms with Crippen LogP contribution < -0.4 is 0 Å². The molecule has 4 nitrogen and oxygen atoms in total. The quantitative estimate of drug-likeness (QED) is 0.115. The molecule has 0 radical (unpaired) electrons. The summed E-state index contributed by atoms with van der Waals surface area (Å²) in [6.07, 6.45) is 16.1. The topological polar surface area (TPSA) is 49.8 Å². The summed E-state index contributed by atoms with van der Waals surface area (Å²) in [4.78, 5) is 13.2. The fraction of sp³-hybridized carbons (Fsp3) is 0.889. The number of allylic oxidation sites excluding steroid dienone is 1. The third-order valence-corrected chi connectivity index (χ3v) is 13.8. The van der Waals surface area contributed by atoms with E-state index in [4.69, 9.17) is 21.1 Å². The molecule has 2 aliphatic rings. The van der Waals surface area contributed by atoms with Crippen molar-refractivity contribution < 1.29 is 14.3 Å². The first-order valence-electron chi connectivity index (χ1n) is 13.3. The number of aliphatic carboxylic acids is 1. The molecule has 1 heterocycles. The molecule has 33 heavy (non-hydrogen) atoms. The molecule has 0 aromatic carbocycles. The summed E-state index contributed by atoms with van der Waals surface area (Å²) in [6.45, 7) is 16.4. The van der Waals surface area contributed by atoms with Crippen molar-refractivity contribution in [1.29, 1.82) is 0 Å². The lowest BCUT2D eigenvalue weighted by Gasteiger charge is -2.51. The molecule has 0 amide bonds. The van der Waals surface area contributed by atoms with Crippen LogP contribution in [0.4, 0.5) is 0 Å². The SMILES string of the molecule is CCC1(C(CCCN2CC[C@@H](Cl)[C@@H]2C/C=C\CCCC(=O)O)O[Si](C)(C)C(C)(C)C)CCC1. The molecule has 1 aliphatic carbocycles. The van der Waals surface area contributed by atoms with Gasteiger partial charge in [0.25, 0.3) is 0 Å². The van der Waals surface area contributed by atoms with Gasteiger partial charge in [0.15, 0.2) is 8.32 Å². The summed E-state index contributed by atoms with van der Waals surface area (Å²) in [5.41, 5.74) is 0.396. The first-order chi connectivity index (χ1) is 15.4. The van der Waals surface area contributed by atoms with Crippen molar-refractivity contribution in [2.75, 3.05) is 13.1 Å². The van der Waals surface area contributed by atoms with Crippen molar-refractivity contribution in [2.24, 2.45) is 5.41 Å². The molecule has 1 saturated heterocycles. The summed E-state index contributed by atoms with van der Waals surface area (Å²) in [7, 11) is -1.80. The van der Waals surface area contributed by atoms with Gasteiger partial charge >= 0.3 is 5.97 Å². The van der Waals surface area contributed by atoms with Gasteiger partial charge in [-0.15, -0.1) is 11.6 Å². The van der Waals surface area contributed by atoms with Crippen LogP contribution >= 0.6 is 11.6 Å². The number of unbranched alkanes of at least 4 members (excludes halogenated alkanes) is 1. The molecule has 0 aromatic rings. The van der Waals surface area contributed by atoms with Gasteiger partial charge in [0.2, 0.25) is 0 Å². The minimum absolute atomic E-state index is 0.210. The molecule has 0 bridgehead atoms. The van der Waals surface area contributed by atoms with Crippen LogP contribution in [0, 0.1) is 5.41 Å². The molecule has 1 N–H and O–H groups in total. The van der Waals surface area contributed by atoms with Crippen molar-refractivity contribution in [1.82, 2.24) is 4.90 Å². The maximum atomic E-state index is 10.7. The van der Waals surface area contributed by atoms with Gasteiger partial charge in [-0.05, 0) is 94.4 Å². The van der Waals surface area contributed by atoms with Crippen LogP contribution in [-0.2, 0) is 9.22 Å². The van der Waals surface area contributed by atoms with Crippen molar-refractivity contribution in [2.45, 2.75) is 134 Å². The second-order valence-corrected chi connectivity index (χ2v) is 17.3. The molecule has 1 aliphatic heterocycles. The summed E-state index contributed by atoms with van der Waals surface area (Å²) < 4.78 is 7.07. The Balaban J connectivity index is 1.90. The molecule has 0 spiro atoms. The normalized spacial score (nSPS) is 24.8. The van der Waals surface area contributed by atoms with Gasteiger partial charge in [-0.2, -0.15) is 0 Å². The van der Waals surface area contributed by atoms with E-state index < -0.39 is 14.3 Å². The third kappa shape index (κ3) is 8.08. The van der Waals surface area contributed by atoms with Crippen LogP contribution in [0.2, 0.25) is 18.1 Å². The van der Waals surface area contributed by atoms with E-state index in [-0.39, 0.29) is 16.8 Å². The van der Waals surface area contributed by atoms with Gasteiger partial charge in [-0.3, -0.25) is 9.69 Å². The molecule has 1 unspecified atom stereocenters. The zero-order chi connectivity index (χ0) is 24.7. The lowest BCUT2D eigenvalue weighted by Crippen LogP contribution is -2.51. The third-order valence-electron chi connectivity index (χ3n) is 8.78. The number of hydrogen-bond acceptors (Lipinski definition) is 3. The lowest BCUT2D eigenvalue weighted by atomic mass is 9.62. The molecule has 2 rings (SSSR count).